The molecule has 1 aromatic carbocycles. The fourth-order valence-corrected chi connectivity index (χ4v) is 0.453. The van der Waals surface area contributed by atoms with Gasteiger partial charge >= 0.3 is 7.54 Å². The number of rotatable bonds is 0. The summed E-state index contributed by atoms with van der Waals surface area (Å²) in [5, 5.41) is 17.3. The first kappa shape index (κ1) is 10.7. The van der Waals surface area contributed by atoms with Crippen LogP contribution in [0.2, 0.25) is 0 Å². The first-order chi connectivity index (χ1) is 5.52. The van der Waals surface area contributed by atoms with Crippen LogP contribution in [0.15, 0.2) is 24.3 Å². The molecule has 2 nitrogen and oxygen atoms in total. The number of hydrogen-bond acceptors (Lipinski definition) is 2. The Labute approximate surface area is 67.5 Å². The molecule has 0 aliphatic rings. The van der Waals surface area contributed by atoms with Crippen molar-refractivity contribution in [2.45, 2.75) is 0 Å². The molecular weight excluding hydrogens is 172 g/mol. The van der Waals surface area contributed by atoms with Gasteiger partial charge in [0.1, 0.15) is 11.5 Å². The lowest BCUT2D eigenvalue weighted by atomic mass is 10.3. The molecule has 0 atom stereocenters. The monoisotopic (exact) mass is 178 g/mol. The number of hydrogen-bond donors (Lipinski definition) is 2. The molecular formula is C6H6BF3O2. The van der Waals surface area contributed by atoms with Gasteiger partial charge in [-0.15, -0.1) is 0 Å². The number of halogens is 3. The molecule has 6 heteroatoms. The first-order valence-corrected chi connectivity index (χ1v) is 2.92. The van der Waals surface area contributed by atoms with Crippen molar-refractivity contribution < 1.29 is 23.2 Å². The highest BCUT2D eigenvalue weighted by Gasteiger charge is 2.06. The maximum absolute atomic E-state index is 9.67. The summed E-state index contributed by atoms with van der Waals surface area (Å²) in [6.45, 7) is 0. The van der Waals surface area contributed by atoms with E-state index < -0.39 is 7.54 Å². The molecule has 0 heterocycles. The van der Waals surface area contributed by atoms with Gasteiger partial charge in [-0.3, -0.25) is 12.9 Å². The van der Waals surface area contributed by atoms with Crippen molar-refractivity contribution in [2.75, 3.05) is 0 Å². The third kappa shape index (κ3) is 6.79. The van der Waals surface area contributed by atoms with Crippen molar-refractivity contribution in [1.82, 2.24) is 0 Å². The summed E-state index contributed by atoms with van der Waals surface area (Å²) in [5.74, 6) is 0.339. The van der Waals surface area contributed by atoms with Crippen LogP contribution in [-0.4, -0.2) is 17.8 Å². The third-order valence-corrected chi connectivity index (χ3v) is 0.850. The molecule has 1 aromatic rings. The molecule has 66 valence electrons. The molecule has 0 aromatic heterocycles. The van der Waals surface area contributed by atoms with Gasteiger partial charge in [-0.25, -0.2) is 0 Å². The molecule has 0 aliphatic heterocycles. The minimum absolute atomic E-state index is 0.169. The van der Waals surface area contributed by atoms with Gasteiger partial charge < -0.3 is 10.2 Å². The highest BCUT2D eigenvalue weighted by Crippen LogP contribution is 2.13. The topological polar surface area (TPSA) is 40.5 Å². The maximum Gasteiger partial charge on any atom is 0.762 e. The van der Waals surface area contributed by atoms with Gasteiger partial charge in [-0.1, -0.05) is 0 Å². The average Bonchev–Trinajstić information content (AvgIpc) is 1.94. The van der Waals surface area contributed by atoms with Crippen LogP contribution in [-0.2, 0) is 0 Å². The Bertz CT molecular complexity index is 191. The Morgan fingerprint density at radius 3 is 1.17 bits per heavy atom. The molecule has 0 unspecified atom stereocenters. The predicted molar refractivity (Wildman–Crippen MR) is 38.8 cm³/mol. The SMILES string of the molecule is FB(F)F.Oc1ccc(O)cc1. The van der Waals surface area contributed by atoms with E-state index in [0.717, 1.165) is 0 Å². The molecule has 0 saturated heterocycles. The van der Waals surface area contributed by atoms with E-state index >= 15 is 0 Å². The van der Waals surface area contributed by atoms with Crippen LogP contribution in [0, 0.1) is 0 Å². The minimum atomic E-state index is -3.67. The zero-order valence-corrected chi connectivity index (χ0v) is 5.92. The Morgan fingerprint density at radius 1 is 0.833 bits per heavy atom. The van der Waals surface area contributed by atoms with Gasteiger partial charge in [-0.2, -0.15) is 0 Å². The number of benzene rings is 1. The van der Waals surface area contributed by atoms with E-state index in [-0.39, 0.29) is 11.5 Å². The number of aromatic hydroxyl groups is 2. The summed E-state index contributed by atoms with van der Waals surface area (Å²) in [6.07, 6.45) is 0. The van der Waals surface area contributed by atoms with E-state index in [1.807, 2.05) is 0 Å². The molecule has 0 saturated carbocycles. The van der Waals surface area contributed by atoms with Crippen molar-refractivity contribution in [3.8, 4) is 11.5 Å². The standard InChI is InChI=1S/C6H6O2.BF3/c7-5-1-2-6(8)4-3-5;2-1(3)4/h1-4,7-8H;. The Morgan fingerprint density at radius 2 is 1.00 bits per heavy atom. The van der Waals surface area contributed by atoms with E-state index in [2.05, 4.69) is 0 Å². The molecule has 12 heavy (non-hydrogen) atoms. The third-order valence-electron chi connectivity index (χ3n) is 0.850. The van der Waals surface area contributed by atoms with Crippen molar-refractivity contribution in [1.29, 1.82) is 0 Å². The van der Waals surface area contributed by atoms with Crippen molar-refractivity contribution in [2.24, 2.45) is 0 Å². The number of phenols is 2. The summed E-state index contributed by atoms with van der Waals surface area (Å²) < 4.78 is 29.0. The molecule has 1 rings (SSSR count). The smallest absolute Gasteiger partial charge is 0.508 e. The maximum atomic E-state index is 9.67. The predicted octanol–water partition coefficient (Wildman–Crippen LogP) is 1.98. The van der Waals surface area contributed by atoms with Gasteiger partial charge in [0, 0.05) is 0 Å². The fraction of sp³-hybridized carbons (Fsp3) is 0. The molecule has 0 fully saturated rings. The highest BCUT2D eigenvalue weighted by molar-refractivity contribution is 6.33. The van der Waals surface area contributed by atoms with Gasteiger partial charge in [-0.05, 0) is 24.3 Å². The molecule has 0 amide bonds. The molecule has 2 N–H and O–H groups in total. The van der Waals surface area contributed by atoms with Crippen LogP contribution >= 0.6 is 0 Å². The van der Waals surface area contributed by atoms with E-state index in [4.69, 9.17) is 10.2 Å². The summed E-state index contributed by atoms with van der Waals surface area (Å²) in [4.78, 5) is 0. The molecule has 0 aliphatic carbocycles. The average molecular weight is 178 g/mol. The first-order valence-electron chi connectivity index (χ1n) is 2.92. The second-order valence-corrected chi connectivity index (χ2v) is 1.76. The zero-order valence-electron chi connectivity index (χ0n) is 5.92. The van der Waals surface area contributed by atoms with Crippen LogP contribution in [0.25, 0.3) is 0 Å². The van der Waals surface area contributed by atoms with Crippen molar-refractivity contribution in [3.63, 3.8) is 0 Å². The number of phenolic OH excluding ortho intramolecular Hbond substituents is 2. The summed E-state index contributed by atoms with van der Waals surface area (Å²) in [5.41, 5.74) is 0. The second-order valence-electron chi connectivity index (χ2n) is 1.76. The van der Waals surface area contributed by atoms with Crippen LogP contribution in [0.1, 0.15) is 0 Å². The summed E-state index contributed by atoms with van der Waals surface area (Å²) in [6, 6.07) is 5.70. The van der Waals surface area contributed by atoms with Gasteiger partial charge in [0.25, 0.3) is 0 Å². The molecule has 0 bridgehead atoms. The van der Waals surface area contributed by atoms with E-state index in [9.17, 15) is 12.9 Å². The lowest BCUT2D eigenvalue weighted by Crippen LogP contribution is -1.76. The largest absolute Gasteiger partial charge is 0.762 e. The van der Waals surface area contributed by atoms with Crippen molar-refractivity contribution in [3.05, 3.63) is 24.3 Å². The lowest BCUT2D eigenvalue weighted by Gasteiger charge is -1.88. The van der Waals surface area contributed by atoms with Crippen LogP contribution in [0.5, 0.6) is 11.5 Å². The normalized spacial score (nSPS) is 8.25. The lowest BCUT2D eigenvalue weighted by molar-refractivity contribution is 0.460. The molecule has 0 spiro atoms. The van der Waals surface area contributed by atoms with E-state index in [1.165, 1.54) is 24.3 Å². The van der Waals surface area contributed by atoms with Gasteiger partial charge in [0.05, 0.1) is 0 Å². The zero-order chi connectivity index (χ0) is 9.56. The van der Waals surface area contributed by atoms with E-state index in [1.54, 1.807) is 0 Å². The molecule has 0 radical (unpaired) electrons. The Balaban J connectivity index is 0.000000261. The highest BCUT2D eigenvalue weighted by atomic mass is 19.4. The fourth-order valence-electron chi connectivity index (χ4n) is 0.453. The van der Waals surface area contributed by atoms with Gasteiger partial charge in [0.2, 0.25) is 0 Å². The summed E-state index contributed by atoms with van der Waals surface area (Å²) >= 11 is 0. The van der Waals surface area contributed by atoms with Crippen LogP contribution < -0.4 is 0 Å². The second kappa shape index (κ2) is 5.34. The van der Waals surface area contributed by atoms with Gasteiger partial charge in [0.15, 0.2) is 0 Å². The van der Waals surface area contributed by atoms with Crippen LogP contribution in [0.3, 0.4) is 0 Å². The van der Waals surface area contributed by atoms with Crippen molar-refractivity contribution >= 4 is 7.54 Å². The van der Waals surface area contributed by atoms with Crippen LogP contribution in [0.4, 0.5) is 12.9 Å². The minimum Gasteiger partial charge on any atom is -0.508 e. The summed E-state index contributed by atoms with van der Waals surface area (Å²) in [7, 11) is -3.67. The quantitative estimate of drug-likeness (QED) is 0.470. The van der Waals surface area contributed by atoms with E-state index in [0.29, 0.717) is 0 Å². The Kier molecular flexibility index (Phi) is 4.75. The Hall–Kier alpha value is -1.33.